The maximum Gasteiger partial charge on any atom is 0.144 e. The molecule has 0 aliphatic heterocycles. The summed E-state index contributed by atoms with van der Waals surface area (Å²) in [4.78, 5) is 4.14. The fourth-order valence-corrected chi connectivity index (χ4v) is 2.03. The Balaban J connectivity index is 2.40. The van der Waals surface area contributed by atoms with Crippen LogP contribution in [0.25, 0.3) is 0 Å². The van der Waals surface area contributed by atoms with Crippen LogP contribution in [0.15, 0.2) is 34.9 Å². The minimum atomic E-state index is 0.491. The number of halogens is 2. The zero-order chi connectivity index (χ0) is 13.1. The number of benzene rings is 1. The van der Waals surface area contributed by atoms with E-state index in [1.807, 2.05) is 0 Å². The second-order valence-electron chi connectivity index (χ2n) is 3.53. The largest absolute Gasteiger partial charge is 0.397 e. The predicted octanol–water partition coefficient (Wildman–Crippen LogP) is 3.69. The van der Waals surface area contributed by atoms with Gasteiger partial charge in [0.05, 0.1) is 27.6 Å². The maximum absolute atomic E-state index is 9.02. The molecule has 0 fully saturated rings. The molecule has 0 spiro atoms. The molecule has 1 aromatic carbocycles. The third kappa shape index (κ3) is 2.73. The van der Waals surface area contributed by atoms with Crippen LogP contribution in [0, 0.1) is 11.3 Å². The number of hydrogen-bond acceptors (Lipinski definition) is 4. The molecule has 90 valence electrons. The van der Waals surface area contributed by atoms with E-state index in [-0.39, 0.29) is 0 Å². The van der Waals surface area contributed by atoms with E-state index in [0.717, 1.165) is 0 Å². The van der Waals surface area contributed by atoms with Gasteiger partial charge in [-0.25, -0.2) is 4.98 Å². The zero-order valence-electron chi connectivity index (χ0n) is 9.11. The molecule has 1 heterocycles. The van der Waals surface area contributed by atoms with Gasteiger partial charge < -0.3 is 11.1 Å². The van der Waals surface area contributed by atoms with Gasteiger partial charge in [-0.2, -0.15) is 5.26 Å². The Morgan fingerprint density at radius 2 is 2.17 bits per heavy atom. The summed E-state index contributed by atoms with van der Waals surface area (Å²) in [5.41, 5.74) is 7.25. The van der Waals surface area contributed by atoms with E-state index in [0.29, 0.717) is 32.3 Å². The average molecular weight is 324 g/mol. The van der Waals surface area contributed by atoms with Crippen LogP contribution in [0.5, 0.6) is 0 Å². The molecule has 0 bridgehead atoms. The van der Waals surface area contributed by atoms with Gasteiger partial charge in [0.2, 0.25) is 0 Å². The molecule has 0 unspecified atom stereocenters. The molecule has 0 saturated heterocycles. The highest BCUT2D eigenvalue weighted by molar-refractivity contribution is 9.10. The van der Waals surface area contributed by atoms with Crippen LogP contribution in [0.4, 0.5) is 17.2 Å². The molecule has 3 N–H and O–H groups in total. The van der Waals surface area contributed by atoms with Gasteiger partial charge in [0.25, 0.3) is 0 Å². The van der Waals surface area contributed by atoms with Crippen LogP contribution >= 0.6 is 27.5 Å². The number of nitriles is 1. The van der Waals surface area contributed by atoms with Crippen molar-refractivity contribution in [2.24, 2.45) is 0 Å². The molecule has 18 heavy (non-hydrogen) atoms. The number of hydrogen-bond donors (Lipinski definition) is 2. The fourth-order valence-electron chi connectivity index (χ4n) is 1.39. The Hall–Kier alpha value is -1.77. The normalized spacial score (nSPS) is 9.83. The molecule has 0 atom stereocenters. The standard InChI is InChI=1S/C12H8BrClN4/c13-10-4-9(16)6-17-12(10)18-11-3-8(14)2-1-7(11)5-15/h1-4,6H,16H2,(H,17,18). The molecule has 0 saturated carbocycles. The third-order valence-corrected chi connectivity index (χ3v) is 3.06. The number of anilines is 3. The van der Waals surface area contributed by atoms with Gasteiger partial charge in [0, 0.05) is 5.02 Å². The summed E-state index contributed by atoms with van der Waals surface area (Å²) in [5, 5.41) is 12.6. The smallest absolute Gasteiger partial charge is 0.144 e. The number of rotatable bonds is 2. The topological polar surface area (TPSA) is 74.7 Å². The second kappa shape index (κ2) is 5.25. The van der Waals surface area contributed by atoms with Gasteiger partial charge in [-0.3, -0.25) is 0 Å². The van der Waals surface area contributed by atoms with Gasteiger partial charge in [0.1, 0.15) is 11.9 Å². The van der Waals surface area contributed by atoms with Gasteiger partial charge >= 0.3 is 0 Å². The number of aromatic nitrogens is 1. The molecular formula is C12H8BrClN4. The van der Waals surface area contributed by atoms with E-state index in [1.165, 1.54) is 6.20 Å². The highest BCUT2D eigenvalue weighted by atomic mass is 79.9. The van der Waals surface area contributed by atoms with Gasteiger partial charge in [-0.15, -0.1) is 0 Å². The number of nitrogens with one attached hydrogen (secondary N) is 1. The Morgan fingerprint density at radius 1 is 1.39 bits per heavy atom. The van der Waals surface area contributed by atoms with Crippen LogP contribution in [-0.4, -0.2) is 4.98 Å². The first-order valence-corrected chi connectivity index (χ1v) is 6.15. The summed E-state index contributed by atoms with van der Waals surface area (Å²) in [6.45, 7) is 0. The molecule has 1 aromatic heterocycles. The van der Waals surface area contributed by atoms with Gasteiger partial charge in [-0.1, -0.05) is 11.6 Å². The summed E-state index contributed by atoms with van der Waals surface area (Å²) in [5.74, 6) is 0.572. The van der Waals surface area contributed by atoms with E-state index in [2.05, 4.69) is 32.3 Å². The summed E-state index contributed by atoms with van der Waals surface area (Å²) in [7, 11) is 0. The molecule has 0 aliphatic rings. The lowest BCUT2D eigenvalue weighted by Gasteiger charge is -2.09. The highest BCUT2D eigenvalue weighted by Crippen LogP contribution is 2.28. The van der Waals surface area contributed by atoms with Crippen molar-refractivity contribution in [1.82, 2.24) is 4.98 Å². The highest BCUT2D eigenvalue weighted by Gasteiger charge is 2.07. The van der Waals surface area contributed by atoms with Gasteiger partial charge in [-0.05, 0) is 40.2 Å². The SMILES string of the molecule is N#Cc1ccc(Cl)cc1Nc1ncc(N)cc1Br. The number of nitrogens with two attached hydrogens (primary N) is 1. The van der Waals surface area contributed by atoms with E-state index >= 15 is 0 Å². The minimum absolute atomic E-state index is 0.491. The van der Waals surface area contributed by atoms with Crippen LogP contribution in [0.3, 0.4) is 0 Å². The van der Waals surface area contributed by atoms with Crippen molar-refractivity contribution in [2.45, 2.75) is 0 Å². The summed E-state index contributed by atoms with van der Waals surface area (Å²) < 4.78 is 0.714. The van der Waals surface area contributed by atoms with E-state index in [1.54, 1.807) is 24.3 Å². The molecule has 0 radical (unpaired) electrons. The maximum atomic E-state index is 9.02. The lowest BCUT2D eigenvalue weighted by atomic mass is 10.2. The molecule has 2 aromatic rings. The average Bonchev–Trinajstić information content (AvgIpc) is 2.33. The molecule has 4 nitrogen and oxygen atoms in total. The molecule has 0 aliphatic carbocycles. The third-order valence-electron chi connectivity index (χ3n) is 2.22. The quantitative estimate of drug-likeness (QED) is 0.883. The molecule has 6 heteroatoms. The van der Waals surface area contributed by atoms with Crippen molar-refractivity contribution < 1.29 is 0 Å². The second-order valence-corrected chi connectivity index (χ2v) is 4.82. The van der Waals surface area contributed by atoms with Crippen molar-refractivity contribution in [1.29, 1.82) is 5.26 Å². The zero-order valence-corrected chi connectivity index (χ0v) is 11.5. The summed E-state index contributed by atoms with van der Waals surface area (Å²) in [6, 6.07) is 8.80. The van der Waals surface area contributed by atoms with Crippen molar-refractivity contribution in [3.05, 3.63) is 45.5 Å². The Morgan fingerprint density at radius 3 is 2.83 bits per heavy atom. The van der Waals surface area contributed by atoms with Crippen LogP contribution in [-0.2, 0) is 0 Å². The molecular weight excluding hydrogens is 316 g/mol. The number of nitrogen functional groups attached to an aromatic ring is 1. The summed E-state index contributed by atoms with van der Waals surface area (Å²) >= 11 is 9.25. The van der Waals surface area contributed by atoms with Crippen molar-refractivity contribution in [3.63, 3.8) is 0 Å². The molecule has 0 amide bonds. The van der Waals surface area contributed by atoms with E-state index in [9.17, 15) is 0 Å². The van der Waals surface area contributed by atoms with Crippen molar-refractivity contribution in [2.75, 3.05) is 11.1 Å². The summed E-state index contributed by atoms with van der Waals surface area (Å²) in [6.07, 6.45) is 1.53. The number of pyridine rings is 1. The van der Waals surface area contributed by atoms with Gasteiger partial charge in [0.15, 0.2) is 0 Å². The van der Waals surface area contributed by atoms with Crippen molar-refractivity contribution >= 4 is 44.7 Å². The van der Waals surface area contributed by atoms with Crippen molar-refractivity contribution in [3.8, 4) is 6.07 Å². The monoisotopic (exact) mass is 322 g/mol. The first-order chi connectivity index (χ1) is 8.60. The molecule has 2 rings (SSSR count). The minimum Gasteiger partial charge on any atom is -0.397 e. The Kier molecular flexibility index (Phi) is 3.70. The van der Waals surface area contributed by atoms with E-state index < -0.39 is 0 Å². The lowest BCUT2D eigenvalue weighted by Crippen LogP contribution is -1.98. The Labute approximate surface area is 118 Å². The van der Waals surface area contributed by atoms with Crippen LogP contribution in [0.1, 0.15) is 5.56 Å². The Bertz CT molecular complexity index is 636. The number of nitrogens with zero attached hydrogens (tertiary/aromatic N) is 2. The van der Waals surface area contributed by atoms with Crippen LogP contribution < -0.4 is 11.1 Å². The predicted molar refractivity (Wildman–Crippen MR) is 75.8 cm³/mol. The van der Waals surface area contributed by atoms with Crippen LogP contribution in [0.2, 0.25) is 5.02 Å². The first kappa shape index (κ1) is 12.7. The lowest BCUT2D eigenvalue weighted by molar-refractivity contribution is 1.29. The van der Waals surface area contributed by atoms with E-state index in [4.69, 9.17) is 22.6 Å². The first-order valence-electron chi connectivity index (χ1n) is 4.98. The fraction of sp³-hybridized carbons (Fsp3) is 0.